The van der Waals surface area contributed by atoms with Crippen molar-refractivity contribution in [3.8, 4) is 11.5 Å². The molecule has 2 bridgehead atoms. The molecular formula is C33H38ClN3O3. The summed E-state index contributed by atoms with van der Waals surface area (Å²) in [5.41, 5.74) is 7.16. The third-order valence-electron chi connectivity index (χ3n) is 7.93. The van der Waals surface area contributed by atoms with E-state index in [2.05, 4.69) is 41.9 Å². The van der Waals surface area contributed by atoms with Crippen molar-refractivity contribution in [2.24, 2.45) is 5.92 Å². The van der Waals surface area contributed by atoms with Crippen LogP contribution in [0.1, 0.15) is 68.2 Å². The van der Waals surface area contributed by atoms with E-state index in [1.165, 1.54) is 36.0 Å². The van der Waals surface area contributed by atoms with Crippen LogP contribution in [0.25, 0.3) is 10.9 Å². The molecule has 5 rings (SSSR count). The number of ether oxygens (including phenoxy) is 1. The molecule has 0 spiro atoms. The lowest BCUT2D eigenvalue weighted by atomic mass is 9.71. The highest BCUT2D eigenvalue weighted by molar-refractivity contribution is 6.31. The van der Waals surface area contributed by atoms with E-state index in [-0.39, 0.29) is 11.7 Å². The lowest BCUT2D eigenvalue weighted by Gasteiger charge is -2.36. The number of carbonyl (C=O) groups is 1. The Hall–Kier alpha value is -3.51. The van der Waals surface area contributed by atoms with Crippen LogP contribution in [-0.2, 0) is 17.8 Å². The fourth-order valence-electron chi connectivity index (χ4n) is 6.11. The van der Waals surface area contributed by atoms with Gasteiger partial charge in [0.05, 0.1) is 12.6 Å². The number of aromatic hydroxyl groups is 1. The molecule has 0 fully saturated rings. The highest BCUT2D eigenvalue weighted by atomic mass is 35.5. The Morgan fingerprint density at radius 3 is 2.90 bits per heavy atom. The second kappa shape index (κ2) is 12.8. The van der Waals surface area contributed by atoms with Gasteiger partial charge in [-0.15, -0.1) is 0 Å². The summed E-state index contributed by atoms with van der Waals surface area (Å²) in [6.45, 7) is 3.42. The van der Waals surface area contributed by atoms with E-state index >= 15 is 0 Å². The molecule has 2 aliphatic rings. The number of rotatable bonds is 11. The van der Waals surface area contributed by atoms with E-state index in [0.717, 1.165) is 55.1 Å². The average Bonchev–Trinajstić information content (AvgIpc) is 2.92. The summed E-state index contributed by atoms with van der Waals surface area (Å²) in [6, 6.07) is 11.1. The van der Waals surface area contributed by atoms with Gasteiger partial charge in [0.2, 0.25) is 5.91 Å². The maximum atomic E-state index is 12.2. The van der Waals surface area contributed by atoms with Gasteiger partial charge in [-0.25, -0.2) is 0 Å². The molecule has 7 heteroatoms. The number of hydrogen-bond acceptors (Lipinski definition) is 5. The fraction of sp³-hybridized carbons (Fsp3) is 0.394. The SMILES string of the molecule is COc1cc(CNC(=O)CCCC/C=C/CNc2c3c(nc4cc(Cl)ccc24)CC2C=C(C)CC3C2)ccc1O. The molecule has 2 aromatic carbocycles. The largest absolute Gasteiger partial charge is 0.504 e. The third-order valence-corrected chi connectivity index (χ3v) is 8.16. The number of allylic oxidation sites excluding steroid dienone is 3. The molecule has 2 unspecified atom stereocenters. The predicted octanol–water partition coefficient (Wildman–Crippen LogP) is 7.44. The number of nitrogens with zero attached hydrogens (tertiary/aromatic N) is 1. The predicted molar refractivity (Wildman–Crippen MR) is 162 cm³/mol. The number of carbonyl (C=O) groups excluding carboxylic acids is 1. The van der Waals surface area contributed by atoms with Crippen molar-refractivity contribution < 1.29 is 14.6 Å². The molecule has 0 saturated heterocycles. The first-order valence-corrected chi connectivity index (χ1v) is 14.6. The Labute approximate surface area is 241 Å². The smallest absolute Gasteiger partial charge is 0.220 e. The lowest BCUT2D eigenvalue weighted by molar-refractivity contribution is -0.121. The number of nitrogens with one attached hydrogen (secondary N) is 2. The van der Waals surface area contributed by atoms with Gasteiger partial charge in [0.1, 0.15) is 0 Å². The Kier molecular flexibility index (Phi) is 8.95. The van der Waals surface area contributed by atoms with Gasteiger partial charge in [-0.1, -0.05) is 41.5 Å². The highest BCUT2D eigenvalue weighted by Gasteiger charge is 2.33. The molecule has 210 valence electrons. The molecule has 40 heavy (non-hydrogen) atoms. The van der Waals surface area contributed by atoms with E-state index in [1.807, 2.05) is 12.1 Å². The zero-order valence-corrected chi connectivity index (χ0v) is 24.1. The number of fused-ring (bicyclic) bond motifs is 5. The van der Waals surface area contributed by atoms with Crippen molar-refractivity contribution >= 4 is 34.1 Å². The molecule has 1 aromatic heterocycles. The number of aromatic nitrogens is 1. The van der Waals surface area contributed by atoms with Gasteiger partial charge in [-0.3, -0.25) is 9.78 Å². The maximum absolute atomic E-state index is 12.2. The number of anilines is 1. The quantitative estimate of drug-likeness (QED) is 0.168. The van der Waals surface area contributed by atoms with Crippen LogP contribution in [0.15, 0.2) is 60.2 Å². The van der Waals surface area contributed by atoms with Crippen molar-refractivity contribution in [2.75, 3.05) is 19.0 Å². The van der Waals surface area contributed by atoms with E-state index in [9.17, 15) is 9.90 Å². The Morgan fingerprint density at radius 1 is 1.18 bits per heavy atom. The van der Waals surface area contributed by atoms with Crippen molar-refractivity contribution in [3.05, 3.63) is 82.0 Å². The van der Waals surface area contributed by atoms with Crippen molar-refractivity contribution in [1.29, 1.82) is 0 Å². The minimum Gasteiger partial charge on any atom is -0.504 e. The summed E-state index contributed by atoms with van der Waals surface area (Å²) >= 11 is 6.32. The number of hydrogen-bond donors (Lipinski definition) is 3. The molecule has 0 aliphatic heterocycles. The number of benzene rings is 2. The van der Waals surface area contributed by atoms with E-state index < -0.39 is 0 Å². The summed E-state index contributed by atoms with van der Waals surface area (Å²) in [5.74, 6) is 1.63. The zero-order chi connectivity index (χ0) is 28.1. The van der Waals surface area contributed by atoms with E-state index in [4.69, 9.17) is 21.3 Å². The molecule has 1 heterocycles. The minimum absolute atomic E-state index is 0.0298. The molecule has 2 atom stereocenters. The lowest BCUT2D eigenvalue weighted by Crippen LogP contribution is -2.24. The van der Waals surface area contributed by atoms with Gasteiger partial charge in [-0.2, -0.15) is 0 Å². The second-order valence-corrected chi connectivity index (χ2v) is 11.4. The van der Waals surface area contributed by atoms with Gasteiger partial charge in [-0.05, 0) is 93.2 Å². The highest BCUT2D eigenvalue weighted by Crippen LogP contribution is 2.47. The van der Waals surface area contributed by atoms with E-state index in [0.29, 0.717) is 35.6 Å². The number of phenolic OH excluding ortho intramolecular Hbond substituents is 1. The Balaban J connectivity index is 1.11. The van der Waals surface area contributed by atoms with Crippen molar-refractivity contribution in [3.63, 3.8) is 0 Å². The van der Waals surface area contributed by atoms with Gasteiger partial charge < -0.3 is 20.5 Å². The molecule has 3 aromatic rings. The van der Waals surface area contributed by atoms with Crippen molar-refractivity contribution in [2.45, 2.75) is 64.3 Å². The summed E-state index contributed by atoms with van der Waals surface area (Å²) < 4.78 is 5.12. The molecular weight excluding hydrogens is 522 g/mol. The van der Waals surface area contributed by atoms with E-state index in [1.54, 1.807) is 18.2 Å². The molecule has 3 N–H and O–H groups in total. The molecule has 0 radical (unpaired) electrons. The number of pyridine rings is 1. The molecule has 1 amide bonds. The first kappa shape index (κ1) is 28.0. The summed E-state index contributed by atoms with van der Waals surface area (Å²) in [5, 5.41) is 18.2. The summed E-state index contributed by atoms with van der Waals surface area (Å²) in [7, 11) is 1.51. The molecule has 0 saturated carbocycles. The van der Waals surface area contributed by atoms with Crippen LogP contribution in [0.2, 0.25) is 5.02 Å². The first-order chi connectivity index (χ1) is 19.4. The number of amides is 1. The topological polar surface area (TPSA) is 83.5 Å². The van der Waals surface area contributed by atoms with Gasteiger partial charge in [0.15, 0.2) is 11.5 Å². The number of halogens is 1. The van der Waals surface area contributed by atoms with Crippen LogP contribution in [0.5, 0.6) is 11.5 Å². The van der Waals surface area contributed by atoms with Crippen LogP contribution >= 0.6 is 11.6 Å². The van der Waals surface area contributed by atoms with Crippen LogP contribution < -0.4 is 15.4 Å². The monoisotopic (exact) mass is 559 g/mol. The fourth-order valence-corrected chi connectivity index (χ4v) is 6.27. The van der Waals surface area contributed by atoms with Crippen molar-refractivity contribution in [1.82, 2.24) is 10.3 Å². The maximum Gasteiger partial charge on any atom is 0.220 e. The normalized spacial score (nSPS) is 17.9. The Morgan fingerprint density at radius 2 is 2.05 bits per heavy atom. The van der Waals surface area contributed by atoms with Gasteiger partial charge in [0, 0.05) is 46.9 Å². The number of unbranched alkanes of at least 4 members (excludes halogenated alkanes) is 2. The summed E-state index contributed by atoms with van der Waals surface area (Å²) in [4.78, 5) is 17.3. The standard InChI is InChI=1S/C33H38ClN3O3/c1-21-14-23-16-24(15-21)32-28(17-23)37-27-19-25(34)10-11-26(27)33(32)35-13-7-5-3-4-6-8-31(39)36-20-22-9-12-29(38)30(18-22)40-2/h5,7,9-12,14,18-19,23-24,38H,3-4,6,8,13,15-17,20H2,1-2H3,(H,35,37)(H,36,39)/b7-5+. The Bertz CT molecular complexity index is 1450. The average molecular weight is 560 g/mol. The van der Waals surface area contributed by atoms with Gasteiger partial charge in [0.25, 0.3) is 0 Å². The molecule has 6 nitrogen and oxygen atoms in total. The minimum atomic E-state index is 0.0298. The van der Waals surface area contributed by atoms with Crippen LogP contribution in [0, 0.1) is 5.92 Å². The first-order valence-electron chi connectivity index (χ1n) is 14.2. The second-order valence-electron chi connectivity index (χ2n) is 11.0. The third kappa shape index (κ3) is 6.61. The number of phenols is 1. The summed E-state index contributed by atoms with van der Waals surface area (Å²) in [6.07, 6.45) is 13.3. The van der Waals surface area contributed by atoms with Crippen LogP contribution in [0.4, 0.5) is 5.69 Å². The van der Waals surface area contributed by atoms with Crippen LogP contribution in [0.3, 0.4) is 0 Å². The van der Waals surface area contributed by atoms with Crippen LogP contribution in [-0.4, -0.2) is 29.7 Å². The van der Waals surface area contributed by atoms with Gasteiger partial charge >= 0.3 is 0 Å². The number of methoxy groups -OCH3 is 1. The zero-order valence-electron chi connectivity index (χ0n) is 23.3. The molecule has 2 aliphatic carbocycles.